The lowest BCUT2D eigenvalue weighted by Gasteiger charge is -2.33. The molecule has 2 atom stereocenters. The van der Waals surface area contributed by atoms with Crippen LogP contribution in [0.25, 0.3) is 0 Å². The number of carbonyl (C=O) groups is 1. The molecule has 1 fully saturated rings. The van der Waals surface area contributed by atoms with Gasteiger partial charge in [0.15, 0.2) is 15.9 Å². The molecule has 2 aliphatic rings. The third-order valence-electron chi connectivity index (χ3n) is 4.92. The van der Waals surface area contributed by atoms with Crippen molar-refractivity contribution in [2.75, 3.05) is 19.3 Å². The highest BCUT2D eigenvalue weighted by Crippen LogP contribution is 2.32. The average molecular weight is 337 g/mol. The summed E-state index contributed by atoms with van der Waals surface area (Å²) in [6, 6.07) is 4.06. The van der Waals surface area contributed by atoms with Gasteiger partial charge in [0.05, 0.1) is 5.25 Å². The summed E-state index contributed by atoms with van der Waals surface area (Å²) in [5.41, 5.74) is 3.39. The van der Waals surface area contributed by atoms with Crippen LogP contribution in [0.2, 0.25) is 0 Å². The summed E-state index contributed by atoms with van der Waals surface area (Å²) in [5, 5.41) is -0.450. The molecule has 0 unspecified atom stereocenters. The molecule has 0 aromatic heterocycles. The minimum Gasteiger partial charge on any atom is -0.480 e. The van der Waals surface area contributed by atoms with Crippen molar-refractivity contribution in [1.82, 2.24) is 4.90 Å². The predicted molar refractivity (Wildman–Crippen MR) is 88.5 cm³/mol. The third kappa shape index (κ3) is 3.22. The van der Waals surface area contributed by atoms with Crippen LogP contribution < -0.4 is 4.74 Å². The van der Waals surface area contributed by atoms with E-state index in [0.29, 0.717) is 19.4 Å². The number of amides is 1. The third-order valence-corrected chi connectivity index (χ3v) is 6.52. The molecule has 2 aliphatic heterocycles. The Kier molecular flexibility index (Phi) is 4.12. The van der Waals surface area contributed by atoms with Gasteiger partial charge in [-0.05, 0) is 49.4 Å². The predicted octanol–water partition coefficient (Wildman–Crippen LogP) is 1.64. The fraction of sp³-hybridized carbons (Fsp3) is 0.588. The van der Waals surface area contributed by atoms with Crippen LogP contribution in [0.4, 0.5) is 0 Å². The summed E-state index contributed by atoms with van der Waals surface area (Å²) in [6.07, 6.45) is 2.65. The minimum absolute atomic E-state index is 0.0927. The highest BCUT2D eigenvalue weighted by molar-refractivity contribution is 7.91. The van der Waals surface area contributed by atoms with E-state index in [9.17, 15) is 13.2 Å². The molecular formula is C17H23NO4S. The molecule has 1 aromatic carbocycles. The van der Waals surface area contributed by atoms with E-state index in [0.717, 1.165) is 23.3 Å². The summed E-state index contributed by atoms with van der Waals surface area (Å²) < 4.78 is 29.4. The molecule has 0 N–H and O–H groups in total. The number of aryl methyl sites for hydroxylation is 2. The van der Waals surface area contributed by atoms with Crippen molar-refractivity contribution in [3.05, 3.63) is 28.8 Å². The summed E-state index contributed by atoms with van der Waals surface area (Å²) in [7, 11) is -3.12. The van der Waals surface area contributed by atoms with Gasteiger partial charge in [-0.25, -0.2) is 8.42 Å². The molecule has 0 aliphatic carbocycles. The van der Waals surface area contributed by atoms with Crippen molar-refractivity contribution in [3.63, 3.8) is 0 Å². The lowest BCUT2D eigenvalue weighted by molar-refractivity contribution is -0.138. The molecule has 6 heteroatoms. The van der Waals surface area contributed by atoms with Gasteiger partial charge in [0.1, 0.15) is 5.75 Å². The van der Waals surface area contributed by atoms with E-state index in [2.05, 4.69) is 6.07 Å². The van der Waals surface area contributed by atoms with Crippen LogP contribution >= 0.6 is 0 Å². The summed E-state index contributed by atoms with van der Waals surface area (Å²) in [6.45, 7) is 4.96. The van der Waals surface area contributed by atoms with Crippen LogP contribution in [0.3, 0.4) is 0 Å². The first-order valence-electron chi connectivity index (χ1n) is 8.00. The van der Waals surface area contributed by atoms with Crippen molar-refractivity contribution in [3.8, 4) is 5.75 Å². The van der Waals surface area contributed by atoms with Crippen molar-refractivity contribution in [2.45, 2.75) is 44.5 Å². The van der Waals surface area contributed by atoms with Gasteiger partial charge in [-0.15, -0.1) is 0 Å². The van der Waals surface area contributed by atoms with Crippen molar-refractivity contribution in [1.29, 1.82) is 0 Å². The topological polar surface area (TPSA) is 63.7 Å². The molecule has 5 nitrogen and oxygen atoms in total. The van der Waals surface area contributed by atoms with Crippen LogP contribution in [0.15, 0.2) is 12.1 Å². The number of benzene rings is 1. The van der Waals surface area contributed by atoms with Gasteiger partial charge in [0.25, 0.3) is 5.91 Å². The number of sulfone groups is 1. The molecule has 0 spiro atoms. The van der Waals surface area contributed by atoms with Gasteiger partial charge in [0, 0.05) is 25.8 Å². The van der Waals surface area contributed by atoms with Crippen LogP contribution in [-0.4, -0.2) is 49.9 Å². The SMILES string of the molecule is Cc1cc2c(cc1C)O[C@@H](C(=O)N1CCC[C@@H](S(C)(=O)=O)C1)C2. The quantitative estimate of drug-likeness (QED) is 0.823. The first kappa shape index (κ1) is 16.3. The van der Waals surface area contributed by atoms with Crippen molar-refractivity contribution in [2.24, 2.45) is 0 Å². The Morgan fingerprint density at radius 2 is 1.96 bits per heavy atom. The lowest BCUT2D eigenvalue weighted by Crippen LogP contribution is -2.49. The van der Waals surface area contributed by atoms with E-state index in [4.69, 9.17) is 4.74 Å². The Labute approximate surface area is 137 Å². The number of fused-ring (bicyclic) bond motifs is 1. The van der Waals surface area contributed by atoms with Crippen molar-refractivity contribution < 1.29 is 17.9 Å². The Morgan fingerprint density at radius 1 is 1.26 bits per heavy atom. The molecule has 2 heterocycles. The van der Waals surface area contributed by atoms with Gasteiger partial charge < -0.3 is 9.64 Å². The van der Waals surface area contributed by atoms with E-state index < -0.39 is 21.2 Å². The normalized spacial score (nSPS) is 24.2. The van der Waals surface area contributed by atoms with Gasteiger partial charge >= 0.3 is 0 Å². The van der Waals surface area contributed by atoms with Gasteiger partial charge in [-0.2, -0.15) is 0 Å². The highest BCUT2D eigenvalue weighted by Gasteiger charge is 2.36. The van der Waals surface area contributed by atoms with Crippen molar-refractivity contribution >= 4 is 15.7 Å². The molecule has 0 saturated carbocycles. The van der Waals surface area contributed by atoms with Gasteiger partial charge in [-0.3, -0.25) is 4.79 Å². The molecule has 1 saturated heterocycles. The standard InChI is InChI=1S/C17H23NO4S/c1-11-7-13-9-16(22-15(13)8-12(11)2)17(19)18-6-4-5-14(10-18)23(3,20)21/h7-8,14,16H,4-6,9-10H2,1-3H3/t14-,16-/m1/s1. The van der Waals surface area contributed by atoms with Crippen LogP contribution in [0.1, 0.15) is 29.5 Å². The number of ether oxygens (including phenoxy) is 1. The number of hydrogen-bond acceptors (Lipinski definition) is 4. The molecule has 0 bridgehead atoms. The molecule has 1 aromatic rings. The first-order chi connectivity index (χ1) is 10.8. The molecule has 3 rings (SSSR count). The number of likely N-dealkylation sites (tertiary alicyclic amines) is 1. The molecule has 1 amide bonds. The van der Waals surface area contributed by atoms with Gasteiger partial charge in [0.2, 0.25) is 0 Å². The fourth-order valence-corrected chi connectivity index (χ4v) is 4.39. The number of piperidine rings is 1. The Balaban J connectivity index is 1.72. The Morgan fingerprint density at radius 3 is 2.65 bits per heavy atom. The zero-order chi connectivity index (χ0) is 16.8. The lowest BCUT2D eigenvalue weighted by atomic mass is 10.0. The molecular weight excluding hydrogens is 314 g/mol. The molecule has 0 radical (unpaired) electrons. The number of rotatable bonds is 2. The zero-order valence-corrected chi connectivity index (χ0v) is 14.6. The van der Waals surface area contributed by atoms with E-state index in [1.165, 1.54) is 11.8 Å². The molecule has 126 valence electrons. The van der Waals surface area contributed by atoms with E-state index in [-0.39, 0.29) is 12.5 Å². The smallest absolute Gasteiger partial charge is 0.264 e. The Hall–Kier alpha value is -1.56. The van der Waals surface area contributed by atoms with E-state index >= 15 is 0 Å². The Bertz CT molecular complexity index is 710. The average Bonchev–Trinajstić information content (AvgIpc) is 2.89. The maximum atomic E-state index is 12.7. The zero-order valence-electron chi connectivity index (χ0n) is 13.8. The number of hydrogen-bond donors (Lipinski definition) is 0. The second kappa shape index (κ2) is 5.82. The van der Waals surface area contributed by atoms with Gasteiger partial charge in [-0.1, -0.05) is 6.07 Å². The van der Waals surface area contributed by atoms with Crippen LogP contribution in [0, 0.1) is 13.8 Å². The largest absolute Gasteiger partial charge is 0.480 e. The summed E-state index contributed by atoms with van der Waals surface area (Å²) >= 11 is 0. The second-order valence-electron chi connectivity index (χ2n) is 6.73. The summed E-state index contributed by atoms with van der Waals surface area (Å²) in [4.78, 5) is 14.4. The van der Waals surface area contributed by atoms with Crippen LogP contribution in [0.5, 0.6) is 5.75 Å². The first-order valence-corrected chi connectivity index (χ1v) is 9.95. The second-order valence-corrected chi connectivity index (χ2v) is 9.06. The maximum Gasteiger partial charge on any atom is 0.264 e. The fourth-order valence-electron chi connectivity index (χ4n) is 3.34. The van der Waals surface area contributed by atoms with Crippen LogP contribution in [-0.2, 0) is 21.1 Å². The monoisotopic (exact) mass is 337 g/mol. The number of carbonyl (C=O) groups excluding carboxylic acids is 1. The minimum atomic E-state index is -3.12. The maximum absolute atomic E-state index is 12.7. The van der Waals surface area contributed by atoms with E-state index in [1.807, 2.05) is 19.9 Å². The molecule has 23 heavy (non-hydrogen) atoms. The van der Waals surface area contributed by atoms with E-state index in [1.54, 1.807) is 4.90 Å². The number of nitrogens with zero attached hydrogens (tertiary/aromatic N) is 1. The summed E-state index contributed by atoms with van der Waals surface area (Å²) in [5.74, 6) is 0.688. The highest BCUT2D eigenvalue weighted by atomic mass is 32.2.